The van der Waals surface area contributed by atoms with Gasteiger partial charge >= 0.3 is 0 Å². The van der Waals surface area contributed by atoms with Crippen LogP contribution in [0, 0.1) is 0 Å². The highest BCUT2D eigenvalue weighted by atomic mass is 32.1. The fourth-order valence-corrected chi connectivity index (χ4v) is 1.97. The van der Waals surface area contributed by atoms with E-state index < -0.39 is 0 Å². The Morgan fingerprint density at radius 2 is 1.56 bits per heavy atom. The lowest BCUT2D eigenvalue weighted by atomic mass is 9.99. The summed E-state index contributed by atoms with van der Waals surface area (Å²) >= 11 is 4.36. The fourth-order valence-electron chi connectivity index (χ4n) is 1.75. The maximum absolute atomic E-state index is 4.36. The molecule has 0 spiro atoms. The van der Waals surface area contributed by atoms with E-state index in [1.54, 1.807) is 0 Å². The van der Waals surface area contributed by atoms with Crippen molar-refractivity contribution in [2.75, 3.05) is 0 Å². The van der Waals surface area contributed by atoms with Gasteiger partial charge in [0, 0.05) is 4.90 Å². The zero-order valence-corrected chi connectivity index (χ0v) is 10.5. The molecule has 0 radical (unpaired) electrons. The number of thiol groups is 1. The first kappa shape index (κ1) is 11.3. The maximum Gasteiger partial charge on any atom is 0.00461 e. The van der Waals surface area contributed by atoms with Gasteiger partial charge in [-0.05, 0) is 34.7 Å². The summed E-state index contributed by atoms with van der Waals surface area (Å²) in [6, 6.07) is 17.0. The van der Waals surface area contributed by atoms with Crippen LogP contribution >= 0.6 is 12.6 Å². The molecule has 0 fully saturated rings. The number of hydrogen-bond donors (Lipinski definition) is 1. The third kappa shape index (κ3) is 2.48. The van der Waals surface area contributed by atoms with E-state index in [1.165, 1.54) is 16.7 Å². The molecule has 0 atom stereocenters. The Bertz CT molecular complexity index is 469. The van der Waals surface area contributed by atoms with E-state index in [0.29, 0.717) is 5.92 Å². The predicted octanol–water partition coefficient (Wildman–Crippen LogP) is 4.77. The van der Waals surface area contributed by atoms with Crippen LogP contribution < -0.4 is 0 Å². The Labute approximate surface area is 103 Å². The molecule has 0 unspecified atom stereocenters. The molecule has 0 N–H and O–H groups in total. The summed E-state index contributed by atoms with van der Waals surface area (Å²) in [7, 11) is 0. The molecule has 0 aromatic heterocycles. The second-order valence-corrected chi connectivity index (χ2v) is 4.84. The van der Waals surface area contributed by atoms with E-state index in [1.807, 2.05) is 12.1 Å². The van der Waals surface area contributed by atoms with Crippen molar-refractivity contribution in [1.82, 2.24) is 0 Å². The van der Waals surface area contributed by atoms with Crippen molar-refractivity contribution in [1.29, 1.82) is 0 Å². The number of benzene rings is 2. The van der Waals surface area contributed by atoms with Crippen LogP contribution in [0.5, 0.6) is 0 Å². The average Bonchev–Trinajstić information content (AvgIpc) is 2.29. The van der Waals surface area contributed by atoms with Crippen LogP contribution in [-0.2, 0) is 0 Å². The van der Waals surface area contributed by atoms with Crippen LogP contribution in [0.1, 0.15) is 25.3 Å². The van der Waals surface area contributed by atoms with Crippen LogP contribution in [0.25, 0.3) is 11.1 Å². The second-order valence-electron chi connectivity index (χ2n) is 4.33. The monoisotopic (exact) mass is 228 g/mol. The van der Waals surface area contributed by atoms with Crippen molar-refractivity contribution in [3.63, 3.8) is 0 Å². The van der Waals surface area contributed by atoms with Gasteiger partial charge in [0.2, 0.25) is 0 Å². The molecule has 0 bridgehead atoms. The summed E-state index contributed by atoms with van der Waals surface area (Å²) in [6.45, 7) is 4.42. The minimum absolute atomic E-state index is 0.588. The van der Waals surface area contributed by atoms with Crippen LogP contribution in [0.15, 0.2) is 53.4 Å². The Kier molecular flexibility index (Phi) is 3.35. The average molecular weight is 228 g/mol. The van der Waals surface area contributed by atoms with Gasteiger partial charge in [-0.25, -0.2) is 0 Å². The van der Waals surface area contributed by atoms with Gasteiger partial charge in [0.15, 0.2) is 0 Å². The van der Waals surface area contributed by atoms with Crippen molar-refractivity contribution in [2.24, 2.45) is 0 Å². The molecule has 82 valence electrons. The highest BCUT2D eigenvalue weighted by Gasteiger charge is 2.00. The first-order valence-electron chi connectivity index (χ1n) is 5.56. The molecule has 0 aliphatic carbocycles. The molecule has 0 aliphatic heterocycles. The normalized spacial score (nSPS) is 10.8. The SMILES string of the molecule is CC(C)c1ccc(-c2cccc(S)c2)cc1. The van der Waals surface area contributed by atoms with E-state index in [9.17, 15) is 0 Å². The van der Waals surface area contributed by atoms with E-state index in [2.05, 4.69) is 62.9 Å². The molecule has 0 heterocycles. The summed E-state index contributed by atoms with van der Waals surface area (Å²) in [5.74, 6) is 0.588. The molecule has 0 aliphatic rings. The molecule has 0 amide bonds. The quantitative estimate of drug-likeness (QED) is 0.703. The Balaban J connectivity index is 2.35. The largest absolute Gasteiger partial charge is 0.143 e. The molecule has 2 aromatic carbocycles. The van der Waals surface area contributed by atoms with Gasteiger partial charge in [-0.2, -0.15) is 0 Å². The van der Waals surface area contributed by atoms with Gasteiger partial charge in [0.05, 0.1) is 0 Å². The van der Waals surface area contributed by atoms with Crippen molar-refractivity contribution in [3.05, 3.63) is 54.1 Å². The van der Waals surface area contributed by atoms with E-state index >= 15 is 0 Å². The van der Waals surface area contributed by atoms with Gasteiger partial charge in [0.1, 0.15) is 0 Å². The molecule has 2 rings (SSSR count). The highest BCUT2D eigenvalue weighted by molar-refractivity contribution is 7.80. The molecule has 2 aromatic rings. The number of hydrogen-bond acceptors (Lipinski definition) is 1. The molecule has 16 heavy (non-hydrogen) atoms. The lowest BCUT2D eigenvalue weighted by Gasteiger charge is -2.07. The summed E-state index contributed by atoms with van der Waals surface area (Å²) in [4.78, 5) is 1.01. The number of rotatable bonds is 2. The minimum atomic E-state index is 0.588. The van der Waals surface area contributed by atoms with E-state index in [4.69, 9.17) is 0 Å². The van der Waals surface area contributed by atoms with Crippen LogP contribution in [0.2, 0.25) is 0 Å². The molecule has 0 nitrogen and oxygen atoms in total. The summed E-state index contributed by atoms with van der Waals surface area (Å²) in [5.41, 5.74) is 3.86. The topological polar surface area (TPSA) is 0 Å². The highest BCUT2D eigenvalue weighted by Crippen LogP contribution is 2.24. The first-order chi connectivity index (χ1) is 7.66. The minimum Gasteiger partial charge on any atom is -0.143 e. The molecule has 0 saturated carbocycles. The maximum atomic E-state index is 4.36. The van der Waals surface area contributed by atoms with Gasteiger partial charge < -0.3 is 0 Å². The lowest BCUT2D eigenvalue weighted by Crippen LogP contribution is -1.86. The van der Waals surface area contributed by atoms with Crippen molar-refractivity contribution in [2.45, 2.75) is 24.7 Å². The van der Waals surface area contributed by atoms with Crippen LogP contribution in [0.3, 0.4) is 0 Å². The van der Waals surface area contributed by atoms with Crippen molar-refractivity contribution in [3.8, 4) is 11.1 Å². The Hall–Kier alpha value is -1.21. The lowest BCUT2D eigenvalue weighted by molar-refractivity contribution is 0.867. The Morgan fingerprint density at radius 3 is 2.12 bits per heavy atom. The zero-order chi connectivity index (χ0) is 11.5. The van der Waals surface area contributed by atoms with Crippen molar-refractivity contribution < 1.29 is 0 Å². The van der Waals surface area contributed by atoms with E-state index in [0.717, 1.165) is 4.90 Å². The smallest absolute Gasteiger partial charge is 0.00461 e. The van der Waals surface area contributed by atoms with Gasteiger partial charge in [-0.15, -0.1) is 12.6 Å². The molecular weight excluding hydrogens is 212 g/mol. The summed E-state index contributed by atoms with van der Waals surface area (Å²) in [5, 5.41) is 0. The summed E-state index contributed by atoms with van der Waals surface area (Å²) in [6.07, 6.45) is 0. The fraction of sp³-hybridized carbons (Fsp3) is 0.200. The van der Waals surface area contributed by atoms with Crippen LogP contribution in [0.4, 0.5) is 0 Å². The Morgan fingerprint density at radius 1 is 0.875 bits per heavy atom. The standard InChI is InChI=1S/C15H16S/c1-11(2)12-6-8-13(9-7-12)14-4-3-5-15(16)10-14/h3-11,16H,1-2H3. The van der Waals surface area contributed by atoms with Crippen molar-refractivity contribution >= 4 is 12.6 Å². The van der Waals surface area contributed by atoms with Crippen LogP contribution in [-0.4, -0.2) is 0 Å². The molecule has 0 saturated heterocycles. The second kappa shape index (κ2) is 4.75. The zero-order valence-electron chi connectivity index (χ0n) is 9.64. The third-order valence-corrected chi connectivity index (χ3v) is 3.04. The van der Waals surface area contributed by atoms with Gasteiger partial charge in [-0.3, -0.25) is 0 Å². The third-order valence-electron chi connectivity index (χ3n) is 2.76. The van der Waals surface area contributed by atoms with Gasteiger partial charge in [0.25, 0.3) is 0 Å². The van der Waals surface area contributed by atoms with Gasteiger partial charge in [-0.1, -0.05) is 50.2 Å². The van der Waals surface area contributed by atoms with E-state index in [-0.39, 0.29) is 0 Å². The predicted molar refractivity (Wildman–Crippen MR) is 73.2 cm³/mol. The molecule has 1 heteroatoms. The molecular formula is C15H16S. The first-order valence-corrected chi connectivity index (χ1v) is 6.01. The summed E-state index contributed by atoms with van der Waals surface area (Å²) < 4.78 is 0.